The van der Waals surface area contributed by atoms with Gasteiger partial charge in [0, 0.05) is 26.3 Å². The molecular formula is C18H22F3N5O4S. The standard InChI is InChI=1S/C16H21N5O2S.C2HF3O2/c1-19-6-2-4-13(19)14(22)20-8-9-23-16(10-20)5-3-7-21(11-16)15-18-17-12-24-15;3-2(4,5)1(6)7/h2,4,6,12H,3,5,7-11H2,1H3;(H,6,7). The average molecular weight is 461 g/mol. The number of aliphatic carboxylic acids is 1. The number of carbonyl (C=O) groups is 2. The van der Waals surface area contributed by atoms with Crippen LogP contribution in [0.3, 0.4) is 0 Å². The van der Waals surface area contributed by atoms with Gasteiger partial charge in [0.05, 0.1) is 19.7 Å². The predicted molar refractivity (Wildman–Crippen MR) is 105 cm³/mol. The van der Waals surface area contributed by atoms with Crippen molar-refractivity contribution in [3.05, 3.63) is 29.5 Å². The Bertz CT molecular complexity index is 900. The zero-order valence-electron chi connectivity index (χ0n) is 16.7. The van der Waals surface area contributed by atoms with E-state index in [0.29, 0.717) is 19.7 Å². The lowest BCUT2D eigenvalue weighted by atomic mass is 9.91. The average Bonchev–Trinajstić information content (AvgIpc) is 3.39. The molecule has 170 valence electrons. The molecule has 1 unspecified atom stereocenters. The van der Waals surface area contributed by atoms with Gasteiger partial charge in [-0.25, -0.2) is 4.79 Å². The van der Waals surface area contributed by atoms with E-state index in [2.05, 4.69) is 15.1 Å². The van der Waals surface area contributed by atoms with E-state index in [4.69, 9.17) is 14.6 Å². The molecule has 31 heavy (non-hydrogen) atoms. The summed E-state index contributed by atoms with van der Waals surface area (Å²) in [6, 6.07) is 3.78. The van der Waals surface area contributed by atoms with Crippen LogP contribution >= 0.6 is 11.3 Å². The second kappa shape index (κ2) is 9.22. The Hall–Kier alpha value is -2.67. The highest BCUT2D eigenvalue weighted by Crippen LogP contribution is 2.32. The van der Waals surface area contributed by atoms with Crippen LogP contribution in [0.2, 0.25) is 0 Å². The number of halogens is 3. The number of hydrogen-bond donors (Lipinski definition) is 1. The van der Waals surface area contributed by atoms with Crippen LogP contribution in [0.1, 0.15) is 23.3 Å². The van der Waals surface area contributed by atoms with E-state index in [0.717, 1.165) is 36.8 Å². The molecule has 0 bridgehead atoms. The largest absolute Gasteiger partial charge is 0.490 e. The van der Waals surface area contributed by atoms with Crippen LogP contribution in [-0.2, 0) is 16.6 Å². The molecular weight excluding hydrogens is 439 g/mol. The molecule has 2 saturated heterocycles. The van der Waals surface area contributed by atoms with E-state index < -0.39 is 12.1 Å². The van der Waals surface area contributed by atoms with Crippen LogP contribution in [0.5, 0.6) is 0 Å². The van der Waals surface area contributed by atoms with Crippen LogP contribution in [0.4, 0.5) is 18.3 Å². The summed E-state index contributed by atoms with van der Waals surface area (Å²) in [5.74, 6) is -2.68. The normalized spacial score (nSPS) is 21.5. The highest BCUT2D eigenvalue weighted by Gasteiger charge is 2.42. The first-order valence-electron chi connectivity index (χ1n) is 9.47. The highest BCUT2D eigenvalue weighted by molar-refractivity contribution is 7.13. The van der Waals surface area contributed by atoms with Crippen molar-refractivity contribution < 1.29 is 32.6 Å². The Balaban J connectivity index is 0.000000339. The fraction of sp³-hybridized carbons (Fsp3) is 0.556. The van der Waals surface area contributed by atoms with Crippen LogP contribution in [-0.4, -0.2) is 81.2 Å². The number of carboxylic acids is 1. The van der Waals surface area contributed by atoms with Crippen molar-refractivity contribution in [1.82, 2.24) is 19.7 Å². The molecule has 0 aliphatic carbocycles. The maximum absolute atomic E-state index is 12.8. The first-order chi connectivity index (χ1) is 14.6. The van der Waals surface area contributed by atoms with E-state index in [1.54, 1.807) is 16.8 Å². The third-order valence-corrected chi connectivity index (χ3v) is 5.85. The summed E-state index contributed by atoms with van der Waals surface area (Å²) in [4.78, 5) is 25.9. The number of rotatable bonds is 2. The van der Waals surface area contributed by atoms with Crippen molar-refractivity contribution in [1.29, 1.82) is 0 Å². The molecule has 0 saturated carbocycles. The smallest absolute Gasteiger partial charge is 0.475 e. The van der Waals surface area contributed by atoms with Gasteiger partial charge in [-0.3, -0.25) is 4.79 Å². The minimum absolute atomic E-state index is 0.0817. The zero-order valence-corrected chi connectivity index (χ0v) is 17.5. The molecule has 4 rings (SSSR count). The molecule has 2 aliphatic heterocycles. The second-order valence-electron chi connectivity index (χ2n) is 7.31. The summed E-state index contributed by atoms with van der Waals surface area (Å²) in [5, 5.41) is 16.2. The Kier molecular flexibility index (Phi) is 6.84. The first kappa shape index (κ1) is 23.0. The number of ether oxygens (including phenoxy) is 1. The summed E-state index contributed by atoms with van der Waals surface area (Å²) in [7, 11) is 1.90. The number of aromatic nitrogens is 3. The number of anilines is 1. The Morgan fingerprint density at radius 3 is 2.61 bits per heavy atom. The molecule has 2 aliphatic rings. The zero-order chi connectivity index (χ0) is 22.6. The molecule has 4 heterocycles. The third kappa shape index (κ3) is 5.53. The molecule has 2 aromatic heterocycles. The molecule has 0 radical (unpaired) electrons. The van der Waals surface area contributed by atoms with Crippen molar-refractivity contribution in [3.63, 3.8) is 0 Å². The third-order valence-electron chi connectivity index (χ3n) is 5.10. The van der Waals surface area contributed by atoms with Crippen molar-refractivity contribution in [2.45, 2.75) is 24.6 Å². The second-order valence-corrected chi connectivity index (χ2v) is 8.12. The number of hydrogen-bond acceptors (Lipinski definition) is 7. The number of alkyl halides is 3. The van der Waals surface area contributed by atoms with Gasteiger partial charge in [0.15, 0.2) is 0 Å². The van der Waals surface area contributed by atoms with Gasteiger partial charge < -0.3 is 24.2 Å². The minimum Gasteiger partial charge on any atom is -0.475 e. The van der Waals surface area contributed by atoms with Crippen molar-refractivity contribution >= 4 is 28.3 Å². The van der Waals surface area contributed by atoms with Gasteiger partial charge in [-0.2, -0.15) is 13.2 Å². The fourth-order valence-corrected chi connectivity index (χ4v) is 4.26. The van der Waals surface area contributed by atoms with E-state index in [1.807, 2.05) is 34.8 Å². The van der Waals surface area contributed by atoms with E-state index in [9.17, 15) is 18.0 Å². The van der Waals surface area contributed by atoms with Crippen LogP contribution in [0, 0.1) is 0 Å². The Labute approximate surface area is 180 Å². The summed E-state index contributed by atoms with van der Waals surface area (Å²) in [5.41, 5.74) is 2.18. The van der Waals surface area contributed by atoms with Gasteiger partial charge in [-0.15, -0.1) is 10.2 Å². The van der Waals surface area contributed by atoms with E-state index in [-0.39, 0.29) is 11.5 Å². The predicted octanol–water partition coefficient (Wildman–Crippen LogP) is 2.02. The van der Waals surface area contributed by atoms with E-state index >= 15 is 0 Å². The van der Waals surface area contributed by atoms with Gasteiger partial charge >= 0.3 is 12.1 Å². The maximum Gasteiger partial charge on any atom is 0.490 e. The lowest BCUT2D eigenvalue weighted by Gasteiger charge is -2.47. The number of aryl methyl sites for hydroxylation is 1. The SMILES string of the molecule is Cn1cccc1C(=O)N1CCOC2(CCCN(c3nncs3)C2)C1.O=C(O)C(F)(F)F. The maximum atomic E-state index is 12.8. The molecule has 2 aromatic rings. The number of morpholine rings is 1. The van der Waals surface area contributed by atoms with Crippen LogP contribution < -0.4 is 4.90 Å². The number of piperidine rings is 1. The quantitative estimate of drug-likeness (QED) is 0.730. The van der Waals surface area contributed by atoms with Gasteiger partial charge in [0.25, 0.3) is 5.91 Å². The minimum atomic E-state index is -5.08. The highest BCUT2D eigenvalue weighted by atomic mass is 32.1. The van der Waals surface area contributed by atoms with Crippen LogP contribution in [0.15, 0.2) is 23.8 Å². The summed E-state index contributed by atoms with van der Waals surface area (Å²) in [6.45, 7) is 3.59. The monoisotopic (exact) mass is 461 g/mol. The molecule has 13 heteroatoms. The van der Waals surface area contributed by atoms with Gasteiger partial charge in [0.1, 0.15) is 16.8 Å². The number of nitrogens with zero attached hydrogens (tertiary/aromatic N) is 5. The Morgan fingerprint density at radius 2 is 2.03 bits per heavy atom. The number of amides is 1. The fourth-order valence-electron chi connectivity index (χ4n) is 3.68. The van der Waals surface area contributed by atoms with Crippen molar-refractivity contribution in [2.75, 3.05) is 37.7 Å². The molecule has 1 spiro atoms. The molecule has 0 aromatic carbocycles. The van der Waals surface area contributed by atoms with Gasteiger partial charge in [0.2, 0.25) is 5.13 Å². The molecule has 1 atom stereocenters. The molecule has 1 N–H and O–H groups in total. The van der Waals surface area contributed by atoms with Crippen molar-refractivity contribution in [2.24, 2.45) is 7.05 Å². The van der Waals surface area contributed by atoms with Gasteiger partial charge in [-0.1, -0.05) is 11.3 Å². The summed E-state index contributed by atoms with van der Waals surface area (Å²) < 4.78 is 39.8. The number of carboxylic acid groups (broad SMARTS) is 1. The lowest BCUT2D eigenvalue weighted by Crippen LogP contribution is -2.61. The number of carbonyl (C=O) groups excluding carboxylic acids is 1. The van der Waals surface area contributed by atoms with E-state index in [1.165, 1.54) is 0 Å². The summed E-state index contributed by atoms with van der Waals surface area (Å²) in [6.07, 6.45) is -1.17. The lowest BCUT2D eigenvalue weighted by molar-refractivity contribution is -0.192. The molecule has 1 amide bonds. The van der Waals surface area contributed by atoms with Crippen molar-refractivity contribution in [3.8, 4) is 0 Å². The molecule has 2 fully saturated rings. The topological polar surface area (TPSA) is 101 Å². The van der Waals surface area contributed by atoms with Crippen LogP contribution in [0.25, 0.3) is 0 Å². The first-order valence-corrected chi connectivity index (χ1v) is 10.4. The Morgan fingerprint density at radius 1 is 1.29 bits per heavy atom. The summed E-state index contributed by atoms with van der Waals surface area (Å²) >= 11 is 1.55. The van der Waals surface area contributed by atoms with Gasteiger partial charge in [-0.05, 0) is 25.0 Å². The molecule has 9 nitrogen and oxygen atoms in total.